The largest absolute Gasteiger partial charge is 0.465 e. The topological polar surface area (TPSA) is 70.7 Å². The van der Waals surface area contributed by atoms with E-state index in [1.165, 1.54) is 13.5 Å². The van der Waals surface area contributed by atoms with E-state index >= 15 is 0 Å². The molecule has 0 aromatic heterocycles. The molecule has 0 aliphatic carbocycles. The molecule has 0 unspecified atom stereocenters. The molecular weight excluding hydrogens is 294 g/mol. The highest BCUT2D eigenvalue weighted by Crippen LogP contribution is 2.18. The van der Waals surface area contributed by atoms with E-state index in [-0.39, 0.29) is 12.0 Å². The summed E-state index contributed by atoms with van der Waals surface area (Å²) in [5.41, 5.74) is 1.98. The van der Waals surface area contributed by atoms with Crippen molar-refractivity contribution in [3.05, 3.63) is 29.3 Å². The van der Waals surface area contributed by atoms with Gasteiger partial charge in [-0.1, -0.05) is 6.92 Å². The maximum Gasteiger partial charge on any atom is 0.337 e. The first kappa shape index (κ1) is 17.3. The Bertz CT molecular complexity index is 574. The number of anilines is 1. The van der Waals surface area contributed by atoms with Gasteiger partial charge in [-0.3, -0.25) is 4.90 Å². The van der Waals surface area contributed by atoms with Crippen molar-refractivity contribution >= 4 is 17.7 Å². The molecule has 1 fully saturated rings. The van der Waals surface area contributed by atoms with Crippen molar-refractivity contribution in [3.8, 4) is 0 Å². The van der Waals surface area contributed by atoms with Crippen LogP contribution >= 0.6 is 0 Å². The van der Waals surface area contributed by atoms with Crippen LogP contribution in [0.25, 0.3) is 0 Å². The zero-order valence-electron chi connectivity index (χ0n) is 14.0. The number of carbonyl (C=O) groups excluding carboxylic acids is 2. The molecule has 1 atom stereocenters. The molecular formula is C17H25N3O3. The van der Waals surface area contributed by atoms with Crippen molar-refractivity contribution in [1.82, 2.24) is 10.2 Å². The number of hydrogen-bond acceptors (Lipinski definition) is 4. The molecule has 1 aliphatic heterocycles. The van der Waals surface area contributed by atoms with Crippen LogP contribution in [0, 0.1) is 6.92 Å². The van der Waals surface area contributed by atoms with Crippen LogP contribution in [0.5, 0.6) is 0 Å². The first-order valence-electron chi connectivity index (χ1n) is 8.03. The standard InChI is InChI=1S/C17H25N3O3/c1-4-20-9-5-6-14(20)11-18-17(22)19-15-8-7-13(10-12(15)2)16(21)23-3/h7-8,10,14H,4-6,9,11H2,1-3H3,(H2,18,19,22)/t14-/m0/s1. The van der Waals surface area contributed by atoms with Gasteiger partial charge in [0.25, 0.3) is 0 Å². The summed E-state index contributed by atoms with van der Waals surface area (Å²) < 4.78 is 4.69. The lowest BCUT2D eigenvalue weighted by Gasteiger charge is -2.23. The Morgan fingerprint density at radius 3 is 2.83 bits per heavy atom. The number of likely N-dealkylation sites (N-methyl/N-ethyl adjacent to an activating group) is 1. The molecule has 1 aromatic rings. The lowest BCUT2D eigenvalue weighted by atomic mass is 10.1. The Morgan fingerprint density at radius 2 is 2.17 bits per heavy atom. The highest BCUT2D eigenvalue weighted by Gasteiger charge is 2.23. The number of likely N-dealkylation sites (tertiary alicyclic amines) is 1. The predicted molar refractivity (Wildman–Crippen MR) is 89.8 cm³/mol. The zero-order chi connectivity index (χ0) is 16.8. The van der Waals surface area contributed by atoms with Gasteiger partial charge in [0.05, 0.1) is 12.7 Å². The fourth-order valence-electron chi connectivity index (χ4n) is 2.97. The van der Waals surface area contributed by atoms with Gasteiger partial charge >= 0.3 is 12.0 Å². The number of hydrogen-bond donors (Lipinski definition) is 2. The molecule has 0 radical (unpaired) electrons. The predicted octanol–water partition coefficient (Wildman–Crippen LogP) is 2.39. The number of rotatable bonds is 5. The van der Waals surface area contributed by atoms with Gasteiger partial charge in [-0.25, -0.2) is 9.59 Å². The molecule has 1 aliphatic rings. The maximum atomic E-state index is 12.1. The second-order valence-corrected chi connectivity index (χ2v) is 5.78. The fraction of sp³-hybridized carbons (Fsp3) is 0.529. The number of amides is 2. The lowest BCUT2D eigenvalue weighted by Crippen LogP contribution is -2.41. The molecule has 0 bridgehead atoms. The third-order valence-electron chi connectivity index (χ3n) is 4.30. The molecule has 1 heterocycles. The molecule has 23 heavy (non-hydrogen) atoms. The second kappa shape index (κ2) is 7.97. The van der Waals surface area contributed by atoms with Crippen molar-refractivity contribution in [2.24, 2.45) is 0 Å². The molecule has 126 valence electrons. The summed E-state index contributed by atoms with van der Waals surface area (Å²) in [5, 5.41) is 5.76. The zero-order valence-corrected chi connectivity index (χ0v) is 14.0. The number of nitrogens with zero attached hydrogens (tertiary/aromatic N) is 1. The summed E-state index contributed by atoms with van der Waals surface area (Å²) in [4.78, 5) is 25.9. The molecule has 6 heteroatoms. The van der Waals surface area contributed by atoms with Gasteiger partial charge in [0.1, 0.15) is 0 Å². The van der Waals surface area contributed by atoms with Crippen LogP contribution in [0.4, 0.5) is 10.5 Å². The van der Waals surface area contributed by atoms with Crippen LogP contribution in [0.1, 0.15) is 35.7 Å². The van der Waals surface area contributed by atoms with E-state index in [1.54, 1.807) is 18.2 Å². The van der Waals surface area contributed by atoms with E-state index < -0.39 is 0 Å². The van der Waals surface area contributed by atoms with Gasteiger partial charge in [0.15, 0.2) is 0 Å². The summed E-state index contributed by atoms with van der Waals surface area (Å²) in [6.07, 6.45) is 2.32. The molecule has 2 amide bonds. The first-order valence-corrected chi connectivity index (χ1v) is 8.03. The van der Waals surface area contributed by atoms with E-state index in [2.05, 4.69) is 27.2 Å². The lowest BCUT2D eigenvalue weighted by molar-refractivity contribution is 0.0600. The van der Waals surface area contributed by atoms with E-state index in [0.29, 0.717) is 23.8 Å². The molecule has 0 spiro atoms. The summed E-state index contributed by atoms with van der Waals surface area (Å²) in [5.74, 6) is -0.384. The Labute approximate surface area is 137 Å². The number of nitrogens with one attached hydrogen (secondary N) is 2. The SMILES string of the molecule is CCN1CCC[C@H]1CNC(=O)Nc1ccc(C(=O)OC)cc1C. The van der Waals surface area contributed by atoms with Crippen LogP contribution in [-0.4, -0.2) is 49.7 Å². The summed E-state index contributed by atoms with van der Waals surface area (Å²) in [6, 6.07) is 5.27. The Hall–Kier alpha value is -2.08. The molecule has 6 nitrogen and oxygen atoms in total. The highest BCUT2D eigenvalue weighted by atomic mass is 16.5. The highest BCUT2D eigenvalue weighted by molar-refractivity contribution is 5.93. The molecule has 1 aromatic carbocycles. The first-order chi connectivity index (χ1) is 11.0. The molecule has 0 saturated carbocycles. The number of methoxy groups -OCH3 is 1. The van der Waals surface area contributed by atoms with Crippen LogP contribution in [0.3, 0.4) is 0 Å². The number of urea groups is 1. The minimum Gasteiger partial charge on any atom is -0.465 e. The van der Waals surface area contributed by atoms with Crippen molar-refractivity contribution in [2.45, 2.75) is 32.7 Å². The van der Waals surface area contributed by atoms with Crippen LogP contribution in [-0.2, 0) is 4.74 Å². The number of carbonyl (C=O) groups is 2. The van der Waals surface area contributed by atoms with E-state index in [0.717, 1.165) is 25.1 Å². The molecule has 2 rings (SSSR count). The fourth-order valence-corrected chi connectivity index (χ4v) is 2.97. The Kier molecular flexibility index (Phi) is 5.98. The third-order valence-corrected chi connectivity index (χ3v) is 4.30. The second-order valence-electron chi connectivity index (χ2n) is 5.78. The number of ether oxygens (including phenoxy) is 1. The monoisotopic (exact) mass is 319 g/mol. The molecule has 1 saturated heterocycles. The van der Waals surface area contributed by atoms with Crippen molar-refractivity contribution < 1.29 is 14.3 Å². The van der Waals surface area contributed by atoms with Crippen molar-refractivity contribution in [1.29, 1.82) is 0 Å². The van der Waals surface area contributed by atoms with Gasteiger partial charge in [-0.05, 0) is 56.6 Å². The van der Waals surface area contributed by atoms with Gasteiger partial charge in [-0.2, -0.15) is 0 Å². The van der Waals surface area contributed by atoms with Crippen LogP contribution in [0.15, 0.2) is 18.2 Å². The van der Waals surface area contributed by atoms with Crippen molar-refractivity contribution in [3.63, 3.8) is 0 Å². The summed E-state index contributed by atoms with van der Waals surface area (Å²) in [7, 11) is 1.35. The smallest absolute Gasteiger partial charge is 0.337 e. The Morgan fingerprint density at radius 1 is 1.39 bits per heavy atom. The third kappa shape index (κ3) is 4.45. The van der Waals surface area contributed by atoms with Gasteiger partial charge in [0, 0.05) is 18.3 Å². The Balaban J connectivity index is 1.89. The minimum absolute atomic E-state index is 0.220. The van der Waals surface area contributed by atoms with Gasteiger partial charge in [0.2, 0.25) is 0 Å². The van der Waals surface area contributed by atoms with Gasteiger partial charge in [-0.15, -0.1) is 0 Å². The van der Waals surface area contributed by atoms with Crippen molar-refractivity contribution in [2.75, 3.05) is 32.1 Å². The number of aryl methyl sites for hydroxylation is 1. The van der Waals surface area contributed by atoms with Crippen LogP contribution < -0.4 is 10.6 Å². The number of benzene rings is 1. The normalized spacial score (nSPS) is 17.8. The van der Waals surface area contributed by atoms with Crippen LogP contribution in [0.2, 0.25) is 0 Å². The summed E-state index contributed by atoms with van der Waals surface area (Å²) >= 11 is 0. The average Bonchev–Trinajstić information content (AvgIpc) is 3.01. The summed E-state index contributed by atoms with van der Waals surface area (Å²) in [6.45, 7) is 6.77. The minimum atomic E-state index is -0.384. The van der Waals surface area contributed by atoms with E-state index in [9.17, 15) is 9.59 Å². The maximum absolute atomic E-state index is 12.1. The van der Waals surface area contributed by atoms with E-state index in [4.69, 9.17) is 0 Å². The molecule has 2 N–H and O–H groups in total. The van der Waals surface area contributed by atoms with E-state index in [1.807, 2.05) is 6.92 Å². The average molecular weight is 319 g/mol. The quantitative estimate of drug-likeness (QED) is 0.818. The number of esters is 1. The van der Waals surface area contributed by atoms with Gasteiger partial charge < -0.3 is 15.4 Å².